The highest BCUT2D eigenvalue weighted by atomic mass is 16.6. The number of hydrogen-bond acceptors (Lipinski definition) is 4. The minimum Gasteiger partial charge on any atom is -0.470 e. The molecule has 4 heteroatoms. The minimum absolute atomic E-state index is 0.0237. The van der Waals surface area contributed by atoms with Crippen LogP contribution in [-0.4, -0.2) is 17.4 Å². The molecule has 5 aliphatic rings. The van der Waals surface area contributed by atoms with E-state index < -0.39 is 0 Å². The van der Waals surface area contributed by atoms with Crippen LogP contribution >= 0.6 is 0 Å². The Bertz CT molecular complexity index is 898. The van der Waals surface area contributed by atoms with Gasteiger partial charge in [-0.3, -0.25) is 9.59 Å². The number of hydrogen-bond donors (Lipinski definition) is 0. The number of ether oxygens (including phenoxy) is 1. The number of allylic oxidation sites excluding steroid dienone is 1. The zero-order chi connectivity index (χ0) is 21.9. The second-order valence-electron chi connectivity index (χ2n) is 11.2. The van der Waals surface area contributed by atoms with E-state index in [1.165, 1.54) is 31.3 Å². The van der Waals surface area contributed by atoms with Crippen molar-refractivity contribution in [3.63, 3.8) is 0 Å². The molecule has 1 spiro atoms. The molecule has 168 valence electrons. The van der Waals surface area contributed by atoms with Gasteiger partial charge < -0.3 is 9.15 Å². The average molecular weight is 425 g/mol. The van der Waals surface area contributed by atoms with Crippen LogP contribution in [0.15, 0.2) is 34.5 Å². The number of carbonyl (C=O) groups is 2. The Morgan fingerprint density at radius 2 is 1.74 bits per heavy atom. The summed E-state index contributed by atoms with van der Waals surface area (Å²) in [6.07, 6.45) is 14.0. The minimum atomic E-state index is -0.167. The number of fused-ring (bicyclic) bond motifs is 6. The lowest BCUT2D eigenvalue weighted by Gasteiger charge is -2.59. The van der Waals surface area contributed by atoms with Gasteiger partial charge in [-0.05, 0) is 99.7 Å². The highest BCUT2D eigenvalue weighted by molar-refractivity contribution is 5.91. The van der Waals surface area contributed by atoms with Crippen LogP contribution in [0.3, 0.4) is 0 Å². The molecule has 6 atom stereocenters. The van der Waals surface area contributed by atoms with E-state index in [2.05, 4.69) is 13.8 Å². The van der Waals surface area contributed by atoms with Gasteiger partial charge in [-0.15, -0.1) is 0 Å². The van der Waals surface area contributed by atoms with Crippen LogP contribution in [0, 0.1) is 35.5 Å². The van der Waals surface area contributed by atoms with E-state index in [4.69, 9.17) is 9.15 Å². The van der Waals surface area contributed by atoms with Gasteiger partial charge in [0.25, 0.3) is 0 Å². The number of rotatable bonds is 0. The van der Waals surface area contributed by atoms with Crippen LogP contribution in [0.1, 0.15) is 83.8 Å². The fraction of sp³-hybridized carbons (Fsp3) is 0.704. The van der Waals surface area contributed by atoms with Crippen LogP contribution in [-0.2, 0) is 14.3 Å². The second kappa shape index (κ2) is 7.35. The molecular weight excluding hydrogens is 388 g/mol. The summed E-state index contributed by atoms with van der Waals surface area (Å²) in [7, 11) is 0. The Hall–Kier alpha value is -1.84. The largest absolute Gasteiger partial charge is 0.470 e. The molecule has 1 aromatic rings. The quantitative estimate of drug-likeness (QED) is 0.467. The molecule has 4 nitrogen and oxygen atoms in total. The lowest BCUT2D eigenvalue weighted by Crippen LogP contribution is -2.54. The molecule has 4 fully saturated rings. The van der Waals surface area contributed by atoms with Crippen molar-refractivity contribution in [2.24, 2.45) is 28.6 Å². The van der Waals surface area contributed by atoms with Crippen LogP contribution in [0.2, 0.25) is 0 Å². The highest BCUT2D eigenvalue weighted by Gasteiger charge is 2.66. The van der Waals surface area contributed by atoms with E-state index in [-0.39, 0.29) is 22.4 Å². The van der Waals surface area contributed by atoms with Crippen LogP contribution in [0.5, 0.6) is 0 Å². The molecule has 31 heavy (non-hydrogen) atoms. The smallest absolute Gasteiger partial charge is 0.306 e. The predicted molar refractivity (Wildman–Crippen MR) is 118 cm³/mol. The van der Waals surface area contributed by atoms with Gasteiger partial charge in [0, 0.05) is 18.3 Å². The van der Waals surface area contributed by atoms with Gasteiger partial charge in [-0.1, -0.05) is 19.4 Å². The second-order valence-corrected chi connectivity index (χ2v) is 11.2. The third kappa shape index (κ3) is 3.15. The molecule has 0 aromatic carbocycles. The molecule has 1 aliphatic heterocycles. The summed E-state index contributed by atoms with van der Waals surface area (Å²) < 4.78 is 10.8. The van der Waals surface area contributed by atoms with Crippen LogP contribution in [0.4, 0.5) is 0 Å². The molecule has 4 aliphatic carbocycles. The van der Waals surface area contributed by atoms with Crippen LogP contribution in [0.25, 0.3) is 0 Å². The van der Waals surface area contributed by atoms with E-state index >= 15 is 0 Å². The van der Waals surface area contributed by atoms with Gasteiger partial charge in [0.15, 0.2) is 5.78 Å². The fourth-order valence-electron chi connectivity index (χ4n) is 8.21. The number of ketones is 1. The molecule has 1 aromatic heterocycles. The number of aryl methyl sites for hydroxylation is 1. The highest BCUT2D eigenvalue weighted by Crippen LogP contribution is 2.69. The van der Waals surface area contributed by atoms with Crippen molar-refractivity contribution in [3.8, 4) is 0 Å². The standard InChI is InChI=1S/C22H30O3.C5H6O/c1-20-9-5-15(23)13-14(20)3-4-16-17(20)6-10-21(2)18(16)7-11-22(21)12-8-19(24)25-22;1-5-3-2-4-6-5/h13,16-18H,3-12H2,1-2H3;2-4H,1H3/t16?,17?,18?,20-,21?,22+;/m0./s1. The molecule has 6 rings (SSSR count). The first-order valence-corrected chi connectivity index (χ1v) is 12.2. The summed E-state index contributed by atoms with van der Waals surface area (Å²) in [6.45, 7) is 6.78. The Kier molecular flexibility index (Phi) is 4.99. The lowest BCUT2D eigenvalue weighted by molar-refractivity contribution is -0.168. The van der Waals surface area contributed by atoms with Crippen molar-refractivity contribution in [2.75, 3.05) is 0 Å². The molecule has 0 amide bonds. The number of esters is 1. The zero-order valence-electron chi connectivity index (χ0n) is 19.2. The van der Waals surface area contributed by atoms with Crippen molar-refractivity contribution in [1.29, 1.82) is 0 Å². The molecule has 3 saturated carbocycles. The van der Waals surface area contributed by atoms with E-state index in [0.29, 0.717) is 24.0 Å². The van der Waals surface area contributed by atoms with Gasteiger partial charge in [-0.25, -0.2) is 0 Å². The van der Waals surface area contributed by atoms with E-state index in [1.54, 1.807) is 6.26 Å². The average Bonchev–Trinajstić information content (AvgIpc) is 3.44. The summed E-state index contributed by atoms with van der Waals surface area (Å²) in [5.41, 5.74) is 1.68. The predicted octanol–water partition coefficient (Wildman–Crippen LogP) is 6.18. The molecule has 4 unspecified atom stereocenters. The van der Waals surface area contributed by atoms with Gasteiger partial charge in [0.05, 0.1) is 6.26 Å². The maximum atomic E-state index is 11.9. The Morgan fingerprint density at radius 1 is 0.935 bits per heavy atom. The van der Waals surface area contributed by atoms with E-state index in [1.807, 2.05) is 25.1 Å². The first-order valence-electron chi connectivity index (χ1n) is 12.2. The maximum Gasteiger partial charge on any atom is 0.306 e. The lowest BCUT2D eigenvalue weighted by atomic mass is 9.46. The molecular formula is C27H36O4. The van der Waals surface area contributed by atoms with Crippen molar-refractivity contribution in [1.82, 2.24) is 0 Å². The van der Waals surface area contributed by atoms with Gasteiger partial charge in [0.2, 0.25) is 0 Å². The van der Waals surface area contributed by atoms with Crippen molar-refractivity contribution in [3.05, 3.63) is 35.8 Å². The third-order valence-corrected chi connectivity index (χ3v) is 9.96. The molecule has 1 saturated heterocycles. The van der Waals surface area contributed by atoms with Crippen molar-refractivity contribution >= 4 is 11.8 Å². The van der Waals surface area contributed by atoms with Gasteiger partial charge in [-0.2, -0.15) is 0 Å². The first kappa shape index (κ1) is 21.0. The molecule has 2 heterocycles. The molecule has 0 radical (unpaired) electrons. The third-order valence-electron chi connectivity index (χ3n) is 9.96. The Morgan fingerprint density at radius 3 is 2.39 bits per heavy atom. The first-order chi connectivity index (χ1) is 14.8. The van der Waals surface area contributed by atoms with Gasteiger partial charge in [0.1, 0.15) is 11.4 Å². The summed E-state index contributed by atoms with van der Waals surface area (Å²) in [6, 6.07) is 3.79. The number of carbonyl (C=O) groups excluding carboxylic acids is 2. The van der Waals surface area contributed by atoms with Gasteiger partial charge >= 0.3 is 5.97 Å². The summed E-state index contributed by atoms with van der Waals surface area (Å²) >= 11 is 0. The zero-order valence-corrected chi connectivity index (χ0v) is 19.2. The number of furan rings is 1. The SMILES string of the molecule is CC12CCC3C(CCC4=CC(=O)CC[C@@]43C)C1CC[C@@]21CCC(=O)O1.Cc1ccco1. The summed E-state index contributed by atoms with van der Waals surface area (Å²) in [4.78, 5) is 23.8. The Balaban J connectivity index is 0.000000296. The normalized spacial score (nSPS) is 43.3. The molecule has 0 N–H and O–H groups in total. The van der Waals surface area contributed by atoms with Crippen LogP contribution < -0.4 is 0 Å². The van der Waals surface area contributed by atoms with Crippen molar-refractivity contribution in [2.45, 2.75) is 90.6 Å². The summed E-state index contributed by atoms with van der Waals surface area (Å²) in [5.74, 6) is 3.47. The molecule has 0 bridgehead atoms. The monoisotopic (exact) mass is 424 g/mol. The Labute approximate surface area is 185 Å². The maximum absolute atomic E-state index is 11.9. The summed E-state index contributed by atoms with van der Waals surface area (Å²) in [5, 5.41) is 0. The van der Waals surface area contributed by atoms with E-state index in [9.17, 15) is 9.59 Å². The van der Waals surface area contributed by atoms with Crippen molar-refractivity contribution < 1.29 is 18.7 Å². The fourth-order valence-corrected chi connectivity index (χ4v) is 8.21. The topological polar surface area (TPSA) is 56.5 Å². The van der Waals surface area contributed by atoms with E-state index in [0.717, 1.165) is 43.8 Å².